The van der Waals surface area contributed by atoms with E-state index in [0.29, 0.717) is 13.1 Å². The number of rotatable bonds is 0. The highest BCUT2D eigenvalue weighted by atomic mass is 16.2. The maximum absolute atomic E-state index is 11.0. The Kier molecular flexibility index (Phi) is 1.53. The lowest BCUT2D eigenvalue weighted by atomic mass is 10.3. The number of nitrogens with zero attached hydrogens (tertiary/aromatic N) is 3. The summed E-state index contributed by atoms with van der Waals surface area (Å²) in [6.07, 6.45) is 3.29. The van der Waals surface area contributed by atoms with Crippen molar-refractivity contribution in [1.29, 1.82) is 0 Å². The molecular formula is C8H9N3O. The number of carbonyl (C=O) groups is 1. The number of hydrogen-bond acceptors (Lipinski definition) is 3. The molecule has 2 rings (SSSR count). The second-order valence-electron chi connectivity index (χ2n) is 2.87. The Morgan fingerprint density at radius 1 is 1.58 bits per heavy atom. The van der Waals surface area contributed by atoms with E-state index in [4.69, 9.17) is 0 Å². The minimum Gasteiger partial charge on any atom is -0.333 e. The molecule has 0 bridgehead atoms. The van der Waals surface area contributed by atoms with Crippen LogP contribution < -0.4 is 0 Å². The zero-order valence-electron chi connectivity index (χ0n) is 6.82. The predicted molar refractivity (Wildman–Crippen MR) is 42.0 cm³/mol. The maximum atomic E-state index is 11.0. The van der Waals surface area contributed by atoms with E-state index in [-0.39, 0.29) is 5.91 Å². The molecule has 12 heavy (non-hydrogen) atoms. The smallest absolute Gasteiger partial charge is 0.220 e. The molecule has 1 aliphatic heterocycles. The normalized spacial score (nSPS) is 14.6. The second-order valence-corrected chi connectivity index (χ2v) is 2.87. The Labute approximate surface area is 70.2 Å². The van der Waals surface area contributed by atoms with E-state index in [1.807, 2.05) is 0 Å². The van der Waals surface area contributed by atoms with Gasteiger partial charge in [0.1, 0.15) is 6.33 Å². The third-order valence-corrected chi connectivity index (χ3v) is 2.03. The average Bonchev–Trinajstić information content (AvgIpc) is 2.46. The van der Waals surface area contributed by atoms with E-state index >= 15 is 0 Å². The number of carbonyl (C=O) groups excluding carboxylic acids is 1. The molecule has 0 aromatic carbocycles. The molecule has 0 unspecified atom stereocenters. The Bertz CT molecular complexity index is 299. The van der Waals surface area contributed by atoms with Gasteiger partial charge in [0.2, 0.25) is 5.91 Å². The highest BCUT2D eigenvalue weighted by Gasteiger charge is 2.21. The van der Waals surface area contributed by atoms with Crippen LogP contribution in [-0.4, -0.2) is 20.8 Å². The zero-order chi connectivity index (χ0) is 8.55. The van der Waals surface area contributed by atoms with Crippen LogP contribution >= 0.6 is 0 Å². The van der Waals surface area contributed by atoms with Crippen LogP contribution in [0.15, 0.2) is 12.5 Å². The van der Waals surface area contributed by atoms with Crippen molar-refractivity contribution >= 4 is 5.91 Å². The lowest BCUT2D eigenvalue weighted by molar-refractivity contribution is -0.129. The van der Waals surface area contributed by atoms with Crippen molar-refractivity contribution < 1.29 is 4.79 Å². The number of aromatic nitrogens is 2. The molecular weight excluding hydrogens is 154 g/mol. The van der Waals surface area contributed by atoms with Crippen molar-refractivity contribution in [3.05, 3.63) is 23.8 Å². The van der Waals surface area contributed by atoms with Gasteiger partial charge >= 0.3 is 0 Å². The fourth-order valence-electron chi connectivity index (χ4n) is 1.32. The van der Waals surface area contributed by atoms with Gasteiger partial charge in [-0.2, -0.15) is 0 Å². The Balaban J connectivity index is 2.27. The molecule has 1 aromatic heterocycles. The minimum atomic E-state index is 0.0907. The molecule has 4 nitrogen and oxygen atoms in total. The molecule has 0 saturated heterocycles. The zero-order valence-corrected chi connectivity index (χ0v) is 6.82. The van der Waals surface area contributed by atoms with Gasteiger partial charge in [-0.3, -0.25) is 4.79 Å². The molecule has 1 aliphatic rings. The van der Waals surface area contributed by atoms with Crippen LogP contribution in [0.5, 0.6) is 0 Å². The topological polar surface area (TPSA) is 46.1 Å². The van der Waals surface area contributed by atoms with Crippen molar-refractivity contribution in [3.63, 3.8) is 0 Å². The largest absolute Gasteiger partial charge is 0.333 e. The first-order valence-electron chi connectivity index (χ1n) is 3.80. The molecule has 0 radical (unpaired) electrons. The Morgan fingerprint density at radius 2 is 2.42 bits per heavy atom. The van der Waals surface area contributed by atoms with E-state index in [1.165, 1.54) is 6.33 Å². The first-order valence-corrected chi connectivity index (χ1v) is 3.80. The van der Waals surface area contributed by atoms with Crippen LogP contribution in [0.25, 0.3) is 0 Å². The Morgan fingerprint density at radius 3 is 3.08 bits per heavy atom. The van der Waals surface area contributed by atoms with Crippen LogP contribution in [0.3, 0.4) is 0 Å². The van der Waals surface area contributed by atoms with Crippen molar-refractivity contribution in [2.24, 2.45) is 0 Å². The average molecular weight is 163 g/mol. The molecule has 0 N–H and O–H groups in total. The van der Waals surface area contributed by atoms with E-state index in [1.54, 1.807) is 18.0 Å². The van der Waals surface area contributed by atoms with E-state index in [0.717, 1.165) is 11.3 Å². The van der Waals surface area contributed by atoms with E-state index < -0.39 is 0 Å². The van der Waals surface area contributed by atoms with Crippen LogP contribution in [0.1, 0.15) is 18.2 Å². The predicted octanol–water partition coefficient (Wildman–Crippen LogP) is 0.339. The van der Waals surface area contributed by atoms with Gasteiger partial charge in [0.25, 0.3) is 0 Å². The summed E-state index contributed by atoms with van der Waals surface area (Å²) in [5.74, 6) is 0.0907. The number of fused-ring (bicyclic) bond motifs is 1. The van der Waals surface area contributed by atoms with Crippen LogP contribution in [0, 0.1) is 0 Å². The second kappa shape index (κ2) is 2.55. The standard InChI is InChI=1S/C8H9N3O/c1-6(12)11-3-7-2-9-5-10-8(7)4-11/h2,5H,3-4H2,1H3. The highest BCUT2D eigenvalue weighted by molar-refractivity contribution is 5.73. The minimum absolute atomic E-state index is 0.0907. The van der Waals surface area contributed by atoms with Gasteiger partial charge in [-0.25, -0.2) is 9.97 Å². The molecule has 0 aliphatic carbocycles. The summed E-state index contributed by atoms with van der Waals surface area (Å²) in [6.45, 7) is 2.86. The van der Waals surface area contributed by atoms with Gasteiger partial charge < -0.3 is 4.90 Å². The quantitative estimate of drug-likeness (QED) is 0.554. The monoisotopic (exact) mass is 163 g/mol. The van der Waals surface area contributed by atoms with Gasteiger partial charge in [0.15, 0.2) is 0 Å². The molecule has 1 aromatic rings. The molecule has 0 saturated carbocycles. The fraction of sp³-hybridized carbons (Fsp3) is 0.375. The van der Waals surface area contributed by atoms with E-state index in [2.05, 4.69) is 9.97 Å². The first-order chi connectivity index (χ1) is 5.77. The van der Waals surface area contributed by atoms with Crippen molar-refractivity contribution in [2.75, 3.05) is 0 Å². The lowest BCUT2D eigenvalue weighted by Crippen LogP contribution is -2.21. The lowest BCUT2D eigenvalue weighted by Gasteiger charge is -2.10. The van der Waals surface area contributed by atoms with E-state index in [9.17, 15) is 4.79 Å². The summed E-state index contributed by atoms with van der Waals surface area (Å²) in [5, 5.41) is 0. The third kappa shape index (κ3) is 1.05. The third-order valence-electron chi connectivity index (χ3n) is 2.03. The van der Waals surface area contributed by atoms with Crippen LogP contribution in [0.4, 0.5) is 0 Å². The van der Waals surface area contributed by atoms with Crippen LogP contribution in [-0.2, 0) is 17.9 Å². The molecule has 4 heteroatoms. The Hall–Kier alpha value is -1.45. The molecule has 0 spiro atoms. The van der Waals surface area contributed by atoms with Crippen molar-refractivity contribution in [1.82, 2.24) is 14.9 Å². The molecule has 0 fully saturated rings. The van der Waals surface area contributed by atoms with Gasteiger partial charge in [-0.15, -0.1) is 0 Å². The number of hydrogen-bond donors (Lipinski definition) is 0. The molecule has 62 valence electrons. The van der Waals surface area contributed by atoms with Gasteiger partial charge in [0.05, 0.1) is 12.2 Å². The summed E-state index contributed by atoms with van der Waals surface area (Å²) in [4.78, 5) is 20.7. The summed E-state index contributed by atoms with van der Waals surface area (Å²) in [6, 6.07) is 0. The summed E-state index contributed by atoms with van der Waals surface area (Å²) >= 11 is 0. The SMILES string of the molecule is CC(=O)N1Cc2cncnc2C1. The maximum Gasteiger partial charge on any atom is 0.220 e. The number of amides is 1. The van der Waals surface area contributed by atoms with Gasteiger partial charge in [0, 0.05) is 25.2 Å². The summed E-state index contributed by atoms with van der Waals surface area (Å²) < 4.78 is 0. The summed E-state index contributed by atoms with van der Waals surface area (Å²) in [7, 11) is 0. The van der Waals surface area contributed by atoms with Gasteiger partial charge in [-0.05, 0) is 0 Å². The first kappa shape index (κ1) is 7.21. The van der Waals surface area contributed by atoms with Crippen molar-refractivity contribution in [2.45, 2.75) is 20.0 Å². The summed E-state index contributed by atoms with van der Waals surface area (Å²) in [5.41, 5.74) is 2.04. The molecule has 2 heterocycles. The highest BCUT2D eigenvalue weighted by Crippen LogP contribution is 2.18. The van der Waals surface area contributed by atoms with Gasteiger partial charge in [-0.1, -0.05) is 0 Å². The fourth-order valence-corrected chi connectivity index (χ4v) is 1.32. The van der Waals surface area contributed by atoms with Crippen LogP contribution in [0.2, 0.25) is 0 Å². The molecule has 1 amide bonds. The molecule has 0 atom stereocenters. The van der Waals surface area contributed by atoms with Crippen molar-refractivity contribution in [3.8, 4) is 0 Å².